The maximum absolute atomic E-state index is 11.6. The molecular weight excluding hydrogens is 206 g/mol. The Morgan fingerprint density at radius 3 is 2.62 bits per heavy atom. The van der Waals surface area contributed by atoms with Crippen LogP contribution in [-0.2, 0) is 23.1 Å². The summed E-state index contributed by atoms with van der Waals surface area (Å²) >= 11 is 0. The van der Waals surface area contributed by atoms with Crippen molar-refractivity contribution >= 4 is 11.8 Å². The lowest BCUT2D eigenvalue weighted by Crippen LogP contribution is -2.32. The first-order chi connectivity index (χ1) is 7.58. The normalized spacial score (nSPS) is 15.9. The molecular formula is C11H13N3O2. The third kappa shape index (κ3) is 1.88. The van der Waals surface area contributed by atoms with Crippen molar-refractivity contribution in [2.45, 2.75) is 13.3 Å². The lowest BCUT2D eigenvalue weighted by molar-refractivity contribution is -0.137. The third-order valence-electron chi connectivity index (χ3n) is 2.57. The SMILES string of the molecule is CC1=CC(=O)N(CCc2cnn(C)c2)C1=O. The molecule has 0 saturated carbocycles. The van der Waals surface area contributed by atoms with Gasteiger partial charge in [-0.1, -0.05) is 0 Å². The van der Waals surface area contributed by atoms with Gasteiger partial charge < -0.3 is 0 Å². The second kappa shape index (κ2) is 3.92. The highest BCUT2D eigenvalue weighted by Gasteiger charge is 2.27. The number of nitrogens with zero attached hydrogens (tertiary/aromatic N) is 3. The van der Waals surface area contributed by atoms with Gasteiger partial charge in [0, 0.05) is 31.4 Å². The summed E-state index contributed by atoms with van der Waals surface area (Å²) in [7, 11) is 1.83. The van der Waals surface area contributed by atoms with E-state index in [1.807, 2.05) is 13.2 Å². The van der Waals surface area contributed by atoms with Gasteiger partial charge in [-0.2, -0.15) is 5.10 Å². The van der Waals surface area contributed by atoms with Gasteiger partial charge in [0.2, 0.25) is 0 Å². The van der Waals surface area contributed by atoms with Gasteiger partial charge in [0.25, 0.3) is 11.8 Å². The maximum atomic E-state index is 11.6. The zero-order valence-electron chi connectivity index (χ0n) is 9.30. The smallest absolute Gasteiger partial charge is 0.256 e. The lowest BCUT2D eigenvalue weighted by atomic mass is 10.2. The molecule has 1 aromatic rings. The van der Waals surface area contributed by atoms with Crippen LogP contribution in [0.15, 0.2) is 24.0 Å². The molecule has 0 unspecified atom stereocenters. The molecule has 84 valence electrons. The van der Waals surface area contributed by atoms with Crippen molar-refractivity contribution in [2.24, 2.45) is 7.05 Å². The van der Waals surface area contributed by atoms with Crippen LogP contribution in [0, 0.1) is 0 Å². The molecule has 0 aromatic carbocycles. The van der Waals surface area contributed by atoms with E-state index in [1.54, 1.807) is 17.8 Å². The van der Waals surface area contributed by atoms with E-state index in [-0.39, 0.29) is 11.8 Å². The molecule has 0 spiro atoms. The summed E-state index contributed by atoms with van der Waals surface area (Å²) in [6.45, 7) is 2.07. The molecule has 0 saturated heterocycles. The van der Waals surface area contributed by atoms with E-state index >= 15 is 0 Å². The maximum Gasteiger partial charge on any atom is 0.256 e. The molecule has 2 heterocycles. The Morgan fingerprint density at radius 2 is 2.12 bits per heavy atom. The predicted octanol–water partition coefficient (Wildman–Crippen LogP) is 0.278. The Hall–Kier alpha value is -1.91. The quantitative estimate of drug-likeness (QED) is 0.686. The molecule has 0 fully saturated rings. The van der Waals surface area contributed by atoms with Crippen molar-refractivity contribution < 1.29 is 9.59 Å². The fourth-order valence-corrected chi connectivity index (χ4v) is 1.69. The van der Waals surface area contributed by atoms with Crippen LogP contribution in [0.2, 0.25) is 0 Å². The van der Waals surface area contributed by atoms with E-state index in [0.29, 0.717) is 18.5 Å². The van der Waals surface area contributed by atoms with Crippen LogP contribution >= 0.6 is 0 Å². The van der Waals surface area contributed by atoms with Gasteiger partial charge >= 0.3 is 0 Å². The summed E-state index contributed by atoms with van der Waals surface area (Å²) in [6.07, 6.45) is 5.65. The largest absolute Gasteiger partial charge is 0.276 e. The summed E-state index contributed by atoms with van der Waals surface area (Å²) in [4.78, 5) is 24.3. The Bertz CT molecular complexity index is 473. The summed E-state index contributed by atoms with van der Waals surface area (Å²) in [5.74, 6) is -0.403. The summed E-state index contributed by atoms with van der Waals surface area (Å²) < 4.78 is 1.70. The van der Waals surface area contributed by atoms with Crippen molar-refractivity contribution in [3.05, 3.63) is 29.6 Å². The number of carbonyl (C=O) groups is 2. The average Bonchev–Trinajstić information content (AvgIpc) is 2.72. The van der Waals surface area contributed by atoms with E-state index in [9.17, 15) is 9.59 Å². The molecule has 0 N–H and O–H groups in total. The molecule has 0 atom stereocenters. The average molecular weight is 219 g/mol. The number of aryl methyl sites for hydroxylation is 1. The zero-order valence-corrected chi connectivity index (χ0v) is 9.30. The third-order valence-corrected chi connectivity index (χ3v) is 2.57. The van der Waals surface area contributed by atoms with E-state index < -0.39 is 0 Å². The van der Waals surface area contributed by atoms with Crippen LogP contribution in [-0.4, -0.2) is 33.0 Å². The van der Waals surface area contributed by atoms with E-state index in [2.05, 4.69) is 5.10 Å². The number of aromatic nitrogens is 2. The number of rotatable bonds is 3. The Balaban J connectivity index is 1.97. The second-order valence-electron chi connectivity index (χ2n) is 3.89. The van der Waals surface area contributed by atoms with Gasteiger partial charge in [-0.25, -0.2) is 0 Å². The van der Waals surface area contributed by atoms with Crippen molar-refractivity contribution in [3.63, 3.8) is 0 Å². The van der Waals surface area contributed by atoms with Crippen LogP contribution in [0.5, 0.6) is 0 Å². The van der Waals surface area contributed by atoms with E-state index in [0.717, 1.165) is 5.56 Å². The topological polar surface area (TPSA) is 55.2 Å². The van der Waals surface area contributed by atoms with Gasteiger partial charge in [-0.15, -0.1) is 0 Å². The fraction of sp³-hybridized carbons (Fsp3) is 0.364. The molecule has 0 radical (unpaired) electrons. The highest BCUT2D eigenvalue weighted by Crippen LogP contribution is 2.12. The number of amides is 2. The number of hydrogen-bond acceptors (Lipinski definition) is 3. The first kappa shape index (κ1) is 10.6. The Kier molecular flexibility index (Phi) is 2.60. The Labute approximate surface area is 93.3 Å². The second-order valence-corrected chi connectivity index (χ2v) is 3.89. The minimum absolute atomic E-state index is 0.186. The minimum Gasteiger partial charge on any atom is -0.276 e. The first-order valence-corrected chi connectivity index (χ1v) is 5.09. The molecule has 16 heavy (non-hydrogen) atoms. The molecule has 1 aliphatic heterocycles. The van der Waals surface area contributed by atoms with Crippen molar-refractivity contribution in [2.75, 3.05) is 6.54 Å². The predicted molar refractivity (Wildman–Crippen MR) is 57.4 cm³/mol. The van der Waals surface area contributed by atoms with Crippen LogP contribution in [0.4, 0.5) is 0 Å². The molecule has 2 rings (SSSR count). The van der Waals surface area contributed by atoms with Crippen molar-refractivity contribution in [3.8, 4) is 0 Å². The minimum atomic E-state index is -0.216. The molecule has 5 heteroatoms. The van der Waals surface area contributed by atoms with Gasteiger partial charge in [0.15, 0.2) is 0 Å². The summed E-state index contributed by atoms with van der Waals surface area (Å²) in [5.41, 5.74) is 1.53. The molecule has 0 bridgehead atoms. The molecule has 0 aliphatic carbocycles. The van der Waals surface area contributed by atoms with Gasteiger partial charge in [-0.3, -0.25) is 19.2 Å². The van der Waals surface area contributed by atoms with Crippen LogP contribution < -0.4 is 0 Å². The highest BCUT2D eigenvalue weighted by atomic mass is 16.2. The Morgan fingerprint density at radius 1 is 1.38 bits per heavy atom. The van der Waals surface area contributed by atoms with Gasteiger partial charge in [0.1, 0.15) is 0 Å². The molecule has 1 aromatic heterocycles. The number of hydrogen-bond donors (Lipinski definition) is 0. The molecule has 5 nitrogen and oxygen atoms in total. The summed E-state index contributed by atoms with van der Waals surface area (Å²) in [5, 5.41) is 4.03. The zero-order chi connectivity index (χ0) is 11.7. The number of imide groups is 1. The number of carbonyl (C=O) groups excluding carboxylic acids is 2. The van der Waals surface area contributed by atoms with Gasteiger partial charge in [0.05, 0.1) is 6.20 Å². The van der Waals surface area contributed by atoms with Crippen LogP contribution in [0.3, 0.4) is 0 Å². The molecule has 2 amide bonds. The van der Waals surface area contributed by atoms with E-state index in [1.165, 1.54) is 11.0 Å². The first-order valence-electron chi connectivity index (χ1n) is 5.09. The lowest BCUT2D eigenvalue weighted by Gasteiger charge is -2.13. The fourth-order valence-electron chi connectivity index (χ4n) is 1.69. The highest BCUT2D eigenvalue weighted by molar-refractivity contribution is 6.15. The summed E-state index contributed by atoms with van der Waals surface area (Å²) in [6, 6.07) is 0. The molecule has 1 aliphatic rings. The standard InChI is InChI=1S/C11H13N3O2/c1-8-5-10(15)14(11(8)16)4-3-9-6-12-13(2)7-9/h5-7H,3-4H2,1-2H3. The van der Waals surface area contributed by atoms with Crippen molar-refractivity contribution in [1.29, 1.82) is 0 Å². The van der Waals surface area contributed by atoms with Gasteiger partial charge in [-0.05, 0) is 18.9 Å². The monoisotopic (exact) mass is 219 g/mol. The van der Waals surface area contributed by atoms with E-state index in [4.69, 9.17) is 0 Å². The van der Waals surface area contributed by atoms with Crippen molar-refractivity contribution in [1.82, 2.24) is 14.7 Å². The van der Waals surface area contributed by atoms with Crippen LogP contribution in [0.25, 0.3) is 0 Å². The van der Waals surface area contributed by atoms with Crippen LogP contribution in [0.1, 0.15) is 12.5 Å².